The summed E-state index contributed by atoms with van der Waals surface area (Å²) in [5.74, 6) is -0.226. The molecule has 1 fully saturated rings. The van der Waals surface area contributed by atoms with Crippen LogP contribution in [0.3, 0.4) is 0 Å². The minimum absolute atomic E-state index is 0.216. The molecule has 4 nitrogen and oxygen atoms in total. The van der Waals surface area contributed by atoms with Crippen molar-refractivity contribution in [2.24, 2.45) is 0 Å². The summed E-state index contributed by atoms with van der Waals surface area (Å²) in [5.41, 5.74) is 1.23. The van der Waals surface area contributed by atoms with Gasteiger partial charge in [-0.15, -0.1) is 0 Å². The number of amides is 1. The molecule has 1 amide bonds. The molecule has 3 rings (SSSR count). The van der Waals surface area contributed by atoms with Crippen molar-refractivity contribution in [3.05, 3.63) is 70.6 Å². The van der Waals surface area contributed by atoms with Crippen LogP contribution in [0.2, 0.25) is 0 Å². The maximum Gasteiger partial charge on any atom is 0.343 e. The van der Waals surface area contributed by atoms with Crippen LogP contribution >= 0.6 is 24.0 Å². The molecule has 0 spiro atoms. The highest BCUT2D eigenvalue weighted by atomic mass is 32.2. The zero-order valence-electron chi connectivity index (χ0n) is 11.8. The van der Waals surface area contributed by atoms with E-state index in [0.717, 1.165) is 5.56 Å². The largest absolute Gasteiger partial charge is 0.423 e. The third-order valence-corrected chi connectivity index (χ3v) is 4.18. The van der Waals surface area contributed by atoms with Gasteiger partial charge >= 0.3 is 5.97 Å². The molecule has 0 bridgehead atoms. The molecule has 6 heteroatoms. The lowest BCUT2D eigenvalue weighted by Crippen LogP contribution is -2.17. The molecule has 1 N–H and O–H groups in total. The fourth-order valence-corrected chi connectivity index (χ4v) is 3.02. The second-order valence-electron chi connectivity index (χ2n) is 4.68. The monoisotopic (exact) mass is 341 g/mol. The van der Waals surface area contributed by atoms with Gasteiger partial charge in [-0.25, -0.2) is 4.79 Å². The number of rotatable bonds is 3. The smallest absolute Gasteiger partial charge is 0.343 e. The molecule has 0 aliphatic carbocycles. The van der Waals surface area contributed by atoms with Gasteiger partial charge < -0.3 is 10.1 Å². The minimum Gasteiger partial charge on any atom is -0.423 e. The van der Waals surface area contributed by atoms with Crippen molar-refractivity contribution in [1.29, 1.82) is 0 Å². The van der Waals surface area contributed by atoms with Gasteiger partial charge in [-0.3, -0.25) is 4.79 Å². The molecule has 23 heavy (non-hydrogen) atoms. The first-order valence-electron chi connectivity index (χ1n) is 6.74. The molecule has 1 aliphatic rings. The van der Waals surface area contributed by atoms with Gasteiger partial charge in [0.1, 0.15) is 10.1 Å². The van der Waals surface area contributed by atoms with E-state index in [1.807, 2.05) is 12.1 Å². The Hall–Kier alpha value is -2.44. The van der Waals surface area contributed by atoms with Crippen molar-refractivity contribution in [3.8, 4) is 5.75 Å². The first-order chi connectivity index (χ1) is 11.1. The van der Waals surface area contributed by atoms with Crippen molar-refractivity contribution < 1.29 is 14.3 Å². The number of thioether (sulfide) groups is 1. The Morgan fingerprint density at radius 3 is 2.61 bits per heavy atom. The number of benzene rings is 2. The van der Waals surface area contributed by atoms with Crippen LogP contribution in [0.5, 0.6) is 5.75 Å². The summed E-state index contributed by atoms with van der Waals surface area (Å²) in [6.45, 7) is 0. The summed E-state index contributed by atoms with van der Waals surface area (Å²) in [6, 6.07) is 15.7. The first kappa shape index (κ1) is 15.5. The van der Waals surface area contributed by atoms with Gasteiger partial charge in [-0.1, -0.05) is 54.3 Å². The molecule has 1 aliphatic heterocycles. The lowest BCUT2D eigenvalue weighted by Gasteiger charge is -2.05. The molecular weight excluding hydrogens is 330 g/mol. The van der Waals surface area contributed by atoms with Crippen LogP contribution in [-0.4, -0.2) is 16.2 Å². The number of esters is 1. The van der Waals surface area contributed by atoms with Gasteiger partial charge in [0.2, 0.25) is 0 Å². The Bertz CT molecular complexity index is 816. The molecule has 2 aromatic carbocycles. The first-order valence-corrected chi connectivity index (χ1v) is 7.96. The highest BCUT2D eigenvalue weighted by Gasteiger charge is 2.21. The summed E-state index contributed by atoms with van der Waals surface area (Å²) in [4.78, 5) is 24.2. The van der Waals surface area contributed by atoms with E-state index in [0.29, 0.717) is 20.5 Å². The Kier molecular flexibility index (Phi) is 4.55. The number of nitrogens with one attached hydrogen (secondary N) is 1. The minimum atomic E-state index is -0.426. The Morgan fingerprint density at radius 2 is 1.91 bits per heavy atom. The molecule has 2 aromatic rings. The lowest BCUT2D eigenvalue weighted by molar-refractivity contribution is -0.115. The molecule has 1 heterocycles. The summed E-state index contributed by atoms with van der Waals surface area (Å²) >= 11 is 6.16. The summed E-state index contributed by atoms with van der Waals surface area (Å²) < 4.78 is 5.79. The third kappa shape index (κ3) is 3.85. The van der Waals surface area contributed by atoms with Crippen LogP contribution in [0, 0.1) is 0 Å². The summed E-state index contributed by atoms with van der Waals surface area (Å²) in [7, 11) is 0. The van der Waals surface area contributed by atoms with E-state index in [4.69, 9.17) is 17.0 Å². The Labute approximate surface area is 142 Å². The molecule has 114 valence electrons. The van der Waals surface area contributed by atoms with Crippen LogP contribution in [0.4, 0.5) is 0 Å². The summed E-state index contributed by atoms with van der Waals surface area (Å²) in [6.07, 6.45) is 1.71. The van der Waals surface area contributed by atoms with E-state index in [1.54, 1.807) is 48.5 Å². The fraction of sp³-hybridized carbons (Fsp3) is 0. The predicted octanol–water partition coefficient (Wildman–Crippen LogP) is 3.39. The zero-order chi connectivity index (χ0) is 16.2. The average Bonchev–Trinajstić information content (AvgIpc) is 2.86. The normalized spacial score (nSPS) is 15.6. The highest BCUT2D eigenvalue weighted by molar-refractivity contribution is 8.26. The van der Waals surface area contributed by atoms with Crippen LogP contribution in [-0.2, 0) is 4.79 Å². The predicted molar refractivity (Wildman–Crippen MR) is 94.2 cm³/mol. The SMILES string of the molecule is O=C1NC(=S)S/C1=C/c1cccc(OC(=O)c2ccccc2)c1. The van der Waals surface area contributed by atoms with Gasteiger partial charge in [0.25, 0.3) is 5.91 Å². The van der Waals surface area contributed by atoms with Gasteiger partial charge in [0.05, 0.1) is 10.5 Å². The number of carbonyl (C=O) groups is 2. The summed E-state index contributed by atoms with van der Waals surface area (Å²) in [5, 5.41) is 2.56. The van der Waals surface area contributed by atoms with Crippen LogP contribution in [0.25, 0.3) is 6.08 Å². The van der Waals surface area contributed by atoms with E-state index in [-0.39, 0.29) is 5.91 Å². The van der Waals surface area contributed by atoms with E-state index < -0.39 is 5.97 Å². The molecule has 0 saturated carbocycles. The molecular formula is C17H11NO3S2. The maximum absolute atomic E-state index is 12.0. The van der Waals surface area contributed by atoms with Crippen LogP contribution < -0.4 is 10.1 Å². The number of thiocarbonyl (C=S) groups is 1. The second kappa shape index (κ2) is 6.76. The van der Waals surface area contributed by atoms with Crippen LogP contribution in [0.1, 0.15) is 15.9 Å². The van der Waals surface area contributed by atoms with Crippen molar-refractivity contribution in [2.75, 3.05) is 0 Å². The van der Waals surface area contributed by atoms with Gasteiger partial charge in [-0.05, 0) is 35.9 Å². The lowest BCUT2D eigenvalue weighted by atomic mass is 10.2. The van der Waals surface area contributed by atoms with Crippen molar-refractivity contribution in [2.45, 2.75) is 0 Å². The number of carbonyl (C=O) groups excluding carboxylic acids is 2. The zero-order valence-corrected chi connectivity index (χ0v) is 13.4. The number of hydrogen-bond acceptors (Lipinski definition) is 5. The van der Waals surface area contributed by atoms with Gasteiger partial charge in [0, 0.05) is 0 Å². The Balaban J connectivity index is 1.78. The molecule has 0 radical (unpaired) electrons. The van der Waals surface area contributed by atoms with E-state index in [2.05, 4.69) is 5.32 Å². The standard InChI is InChI=1S/C17H11NO3S2/c19-15-14(23-17(22)18-15)10-11-5-4-8-13(9-11)21-16(20)12-6-2-1-3-7-12/h1-10H,(H,18,19,22)/b14-10+. The molecule has 1 saturated heterocycles. The Morgan fingerprint density at radius 1 is 1.13 bits per heavy atom. The fourth-order valence-electron chi connectivity index (χ4n) is 1.98. The number of hydrogen-bond donors (Lipinski definition) is 1. The van der Waals surface area contributed by atoms with E-state index >= 15 is 0 Å². The van der Waals surface area contributed by atoms with Crippen molar-refractivity contribution in [3.63, 3.8) is 0 Å². The van der Waals surface area contributed by atoms with Crippen molar-refractivity contribution >= 4 is 46.3 Å². The quantitative estimate of drug-likeness (QED) is 0.401. The van der Waals surface area contributed by atoms with Crippen LogP contribution in [0.15, 0.2) is 59.5 Å². The second-order valence-corrected chi connectivity index (χ2v) is 6.40. The molecule has 0 atom stereocenters. The molecule has 0 unspecified atom stereocenters. The topological polar surface area (TPSA) is 55.4 Å². The van der Waals surface area contributed by atoms with E-state index in [1.165, 1.54) is 11.8 Å². The molecule has 0 aromatic heterocycles. The van der Waals surface area contributed by atoms with Crippen molar-refractivity contribution in [1.82, 2.24) is 5.32 Å². The average molecular weight is 341 g/mol. The highest BCUT2D eigenvalue weighted by Crippen LogP contribution is 2.27. The third-order valence-electron chi connectivity index (χ3n) is 3.02. The van der Waals surface area contributed by atoms with E-state index in [9.17, 15) is 9.59 Å². The van der Waals surface area contributed by atoms with Gasteiger partial charge in [-0.2, -0.15) is 0 Å². The maximum atomic E-state index is 12.0. The van der Waals surface area contributed by atoms with Gasteiger partial charge in [0.15, 0.2) is 0 Å². The number of ether oxygens (including phenoxy) is 1.